The first-order chi connectivity index (χ1) is 14.3. The second-order valence-corrected chi connectivity index (χ2v) is 7.46. The summed E-state index contributed by atoms with van der Waals surface area (Å²) < 4.78 is 47.0. The van der Waals surface area contributed by atoms with E-state index in [1.54, 1.807) is 15.9 Å². The number of benzene rings is 1. The van der Waals surface area contributed by atoms with Gasteiger partial charge in [0.25, 0.3) is 0 Å². The minimum atomic E-state index is -4.78. The number of fused-ring (bicyclic) bond motifs is 1. The highest BCUT2D eigenvalue weighted by molar-refractivity contribution is 5.79. The fraction of sp³-hybridized carbons (Fsp3) is 0.500. The van der Waals surface area contributed by atoms with Crippen molar-refractivity contribution in [3.05, 3.63) is 29.8 Å². The standard InChI is InChI=1S/C20H20F3N3O4/c21-20(22,23)30-16-4-2-1-3-14(16)6-5-13-9-26(10-13)19(28)25-8-7-17-15(11-25)24-18(27)12-29-17/h1-4,13,15,17H,7-12H2,(H,24,27)/t15-,17+/m1/s1. The zero-order valence-corrected chi connectivity index (χ0v) is 15.9. The molecule has 7 nitrogen and oxygen atoms in total. The first kappa shape index (κ1) is 20.3. The molecule has 3 aliphatic rings. The molecule has 1 aromatic carbocycles. The molecular weight excluding hydrogens is 403 g/mol. The Kier molecular flexibility index (Phi) is 5.47. The molecule has 160 valence electrons. The molecule has 1 aromatic rings. The number of morpholine rings is 1. The van der Waals surface area contributed by atoms with Crippen molar-refractivity contribution >= 4 is 11.9 Å². The Morgan fingerprint density at radius 2 is 1.97 bits per heavy atom. The summed E-state index contributed by atoms with van der Waals surface area (Å²) in [4.78, 5) is 27.5. The van der Waals surface area contributed by atoms with Crippen LogP contribution in [0.5, 0.6) is 5.75 Å². The van der Waals surface area contributed by atoms with E-state index < -0.39 is 6.36 Å². The predicted molar refractivity (Wildman–Crippen MR) is 98.3 cm³/mol. The quantitative estimate of drug-likeness (QED) is 0.697. The summed E-state index contributed by atoms with van der Waals surface area (Å²) in [5.74, 6) is 5.00. The van der Waals surface area contributed by atoms with Crippen molar-refractivity contribution < 1.29 is 32.2 Å². The Hall–Kier alpha value is -2.93. The van der Waals surface area contributed by atoms with Crippen LogP contribution in [0.25, 0.3) is 0 Å². The Bertz CT molecular complexity index is 889. The first-order valence-corrected chi connectivity index (χ1v) is 9.59. The number of ether oxygens (including phenoxy) is 2. The number of nitrogens with zero attached hydrogens (tertiary/aromatic N) is 2. The maximum Gasteiger partial charge on any atom is 0.573 e. The number of amides is 3. The summed E-state index contributed by atoms with van der Waals surface area (Å²) in [6.07, 6.45) is -4.20. The van der Waals surface area contributed by atoms with E-state index in [-0.39, 0.29) is 47.9 Å². The van der Waals surface area contributed by atoms with Crippen molar-refractivity contribution in [3.63, 3.8) is 0 Å². The maximum absolute atomic E-state index is 12.7. The van der Waals surface area contributed by atoms with Crippen molar-refractivity contribution in [1.29, 1.82) is 0 Å². The van der Waals surface area contributed by atoms with Gasteiger partial charge in [-0.3, -0.25) is 4.79 Å². The zero-order chi connectivity index (χ0) is 21.3. The largest absolute Gasteiger partial charge is 0.573 e. The van der Waals surface area contributed by atoms with Crippen LogP contribution in [0.2, 0.25) is 0 Å². The summed E-state index contributed by atoms with van der Waals surface area (Å²) in [7, 11) is 0. The van der Waals surface area contributed by atoms with Crippen LogP contribution in [0.3, 0.4) is 0 Å². The molecule has 3 fully saturated rings. The summed E-state index contributed by atoms with van der Waals surface area (Å²) in [5.41, 5.74) is 0.148. The van der Waals surface area contributed by atoms with Crippen molar-refractivity contribution in [2.45, 2.75) is 24.9 Å². The van der Waals surface area contributed by atoms with Gasteiger partial charge in [0, 0.05) is 26.2 Å². The number of carbonyl (C=O) groups excluding carboxylic acids is 2. The lowest BCUT2D eigenvalue weighted by molar-refractivity contribution is -0.274. The molecule has 3 saturated heterocycles. The average Bonchev–Trinajstić information content (AvgIpc) is 2.66. The number of hydrogen-bond acceptors (Lipinski definition) is 4. The maximum atomic E-state index is 12.7. The number of halogens is 3. The van der Waals surface area contributed by atoms with E-state index in [1.165, 1.54) is 18.2 Å². The van der Waals surface area contributed by atoms with Gasteiger partial charge in [-0.25, -0.2) is 4.79 Å². The van der Waals surface area contributed by atoms with E-state index in [1.807, 2.05) is 0 Å². The van der Waals surface area contributed by atoms with Crippen LogP contribution in [-0.4, -0.2) is 73.0 Å². The number of nitrogens with one attached hydrogen (secondary N) is 1. The molecule has 4 rings (SSSR count). The number of piperidine rings is 1. The second kappa shape index (κ2) is 8.07. The minimum Gasteiger partial charge on any atom is -0.404 e. The molecule has 0 spiro atoms. The van der Waals surface area contributed by atoms with E-state index >= 15 is 0 Å². The number of likely N-dealkylation sites (tertiary alicyclic amines) is 2. The van der Waals surface area contributed by atoms with Gasteiger partial charge in [-0.2, -0.15) is 0 Å². The molecule has 0 saturated carbocycles. The smallest absolute Gasteiger partial charge is 0.404 e. The SMILES string of the molecule is O=C1CO[C@H]2CCN(C(=O)N3CC(C#Cc4ccccc4OC(F)(F)F)C3)C[C@H]2N1. The van der Waals surface area contributed by atoms with Gasteiger partial charge in [0.05, 0.1) is 23.6 Å². The van der Waals surface area contributed by atoms with Crippen LogP contribution in [0, 0.1) is 17.8 Å². The Morgan fingerprint density at radius 3 is 2.73 bits per heavy atom. The van der Waals surface area contributed by atoms with Gasteiger partial charge in [0.15, 0.2) is 0 Å². The number of hydrogen-bond donors (Lipinski definition) is 1. The highest BCUT2D eigenvalue weighted by Crippen LogP contribution is 2.26. The van der Waals surface area contributed by atoms with Gasteiger partial charge in [-0.15, -0.1) is 13.2 Å². The van der Waals surface area contributed by atoms with Crippen molar-refractivity contribution in [2.75, 3.05) is 32.8 Å². The molecule has 30 heavy (non-hydrogen) atoms. The topological polar surface area (TPSA) is 71.1 Å². The summed E-state index contributed by atoms with van der Waals surface area (Å²) >= 11 is 0. The van der Waals surface area contributed by atoms with Crippen LogP contribution < -0.4 is 10.1 Å². The molecule has 3 heterocycles. The number of carbonyl (C=O) groups is 2. The van der Waals surface area contributed by atoms with Crippen LogP contribution in [-0.2, 0) is 9.53 Å². The third-order valence-corrected chi connectivity index (χ3v) is 5.27. The van der Waals surface area contributed by atoms with E-state index in [2.05, 4.69) is 21.9 Å². The van der Waals surface area contributed by atoms with Crippen LogP contribution in [0.4, 0.5) is 18.0 Å². The molecule has 3 aliphatic heterocycles. The van der Waals surface area contributed by atoms with E-state index in [4.69, 9.17) is 4.74 Å². The van der Waals surface area contributed by atoms with E-state index in [0.717, 1.165) is 0 Å². The fourth-order valence-corrected chi connectivity index (χ4v) is 3.76. The van der Waals surface area contributed by atoms with Crippen LogP contribution in [0.15, 0.2) is 24.3 Å². The Labute approximate surface area is 171 Å². The van der Waals surface area contributed by atoms with Gasteiger partial charge in [-0.1, -0.05) is 24.0 Å². The minimum absolute atomic E-state index is 0.0543. The van der Waals surface area contributed by atoms with Crippen molar-refractivity contribution in [3.8, 4) is 17.6 Å². The van der Waals surface area contributed by atoms with Crippen molar-refractivity contribution in [2.24, 2.45) is 5.92 Å². The van der Waals surface area contributed by atoms with Crippen LogP contribution in [0.1, 0.15) is 12.0 Å². The van der Waals surface area contributed by atoms with E-state index in [9.17, 15) is 22.8 Å². The van der Waals surface area contributed by atoms with Crippen LogP contribution >= 0.6 is 0 Å². The third-order valence-electron chi connectivity index (χ3n) is 5.27. The molecule has 0 radical (unpaired) electrons. The van der Waals surface area contributed by atoms with Gasteiger partial charge < -0.3 is 24.6 Å². The molecule has 2 atom stereocenters. The van der Waals surface area contributed by atoms with E-state index in [0.29, 0.717) is 32.6 Å². The first-order valence-electron chi connectivity index (χ1n) is 9.59. The monoisotopic (exact) mass is 423 g/mol. The summed E-state index contributed by atoms with van der Waals surface area (Å²) in [6.45, 7) is 1.80. The van der Waals surface area contributed by atoms with Gasteiger partial charge in [-0.05, 0) is 18.6 Å². The molecule has 1 N–H and O–H groups in total. The van der Waals surface area contributed by atoms with Gasteiger partial charge >= 0.3 is 12.4 Å². The van der Waals surface area contributed by atoms with Gasteiger partial charge in [0.2, 0.25) is 5.91 Å². The molecule has 0 unspecified atom stereocenters. The highest BCUT2D eigenvalue weighted by atomic mass is 19.4. The Morgan fingerprint density at radius 1 is 1.20 bits per heavy atom. The van der Waals surface area contributed by atoms with Crippen molar-refractivity contribution in [1.82, 2.24) is 15.1 Å². The summed E-state index contributed by atoms with van der Waals surface area (Å²) in [5, 5.41) is 2.86. The number of alkyl halides is 3. The lowest BCUT2D eigenvalue weighted by Gasteiger charge is -2.45. The molecule has 0 aromatic heterocycles. The highest BCUT2D eigenvalue weighted by Gasteiger charge is 2.39. The molecule has 3 amide bonds. The van der Waals surface area contributed by atoms with Gasteiger partial charge in [0.1, 0.15) is 12.4 Å². The number of para-hydroxylation sites is 1. The summed E-state index contributed by atoms with van der Waals surface area (Å²) in [6, 6.07) is 5.37. The molecule has 0 bridgehead atoms. The normalized spacial score (nSPS) is 24.2. The number of rotatable bonds is 1. The molecular formula is C20H20F3N3O4. The Balaban J connectivity index is 1.31. The fourth-order valence-electron chi connectivity index (χ4n) is 3.76. The second-order valence-electron chi connectivity index (χ2n) is 7.46. The lowest BCUT2D eigenvalue weighted by Crippen LogP contribution is -2.64. The molecule has 10 heteroatoms. The third kappa shape index (κ3) is 4.62. The predicted octanol–water partition coefficient (Wildman–Crippen LogP) is 1.58. The zero-order valence-electron chi connectivity index (χ0n) is 15.9. The lowest BCUT2D eigenvalue weighted by atomic mass is 9.98. The number of urea groups is 1. The molecule has 0 aliphatic carbocycles. The average molecular weight is 423 g/mol.